The predicted octanol–water partition coefficient (Wildman–Crippen LogP) is 2.31. The normalized spacial score (nSPS) is 11.1. The molecule has 0 spiro atoms. The lowest BCUT2D eigenvalue weighted by Gasteiger charge is -2.13. The maximum absolute atomic E-state index is 11.9. The van der Waals surface area contributed by atoms with Crippen molar-refractivity contribution in [1.82, 2.24) is 9.38 Å². The van der Waals surface area contributed by atoms with Gasteiger partial charge < -0.3 is 21.0 Å². The van der Waals surface area contributed by atoms with E-state index in [-0.39, 0.29) is 11.3 Å². The SMILES string of the molecule is Cc1cn2c(-c3c(C)ccc(O)c3C)c(N)c(C(N)=O)c2cn1. The van der Waals surface area contributed by atoms with Crippen molar-refractivity contribution < 1.29 is 9.90 Å². The van der Waals surface area contributed by atoms with E-state index >= 15 is 0 Å². The fourth-order valence-corrected chi connectivity index (χ4v) is 2.99. The van der Waals surface area contributed by atoms with E-state index in [1.807, 2.05) is 31.2 Å². The van der Waals surface area contributed by atoms with Crippen molar-refractivity contribution in [2.75, 3.05) is 5.73 Å². The van der Waals surface area contributed by atoms with Crippen molar-refractivity contribution in [2.45, 2.75) is 20.8 Å². The molecule has 0 aliphatic rings. The maximum Gasteiger partial charge on any atom is 0.253 e. The fourth-order valence-electron chi connectivity index (χ4n) is 2.99. The summed E-state index contributed by atoms with van der Waals surface area (Å²) in [6.45, 7) is 5.60. The lowest BCUT2D eigenvalue weighted by Crippen LogP contribution is -2.12. The standard InChI is InChI=1S/C17H18N4O2/c1-8-4-5-12(22)10(3)13(8)16-15(18)14(17(19)23)11-6-20-9(2)7-21(11)16/h4-7,22H,18H2,1-3H3,(H2,19,23). The van der Waals surface area contributed by atoms with Gasteiger partial charge in [0.15, 0.2) is 0 Å². The van der Waals surface area contributed by atoms with Gasteiger partial charge in [0, 0.05) is 17.3 Å². The smallest absolute Gasteiger partial charge is 0.253 e. The Labute approximate surface area is 133 Å². The predicted molar refractivity (Wildman–Crippen MR) is 89.4 cm³/mol. The molecule has 2 aromatic heterocycles. The number of hydrogen-bond acceptors (Lipinski definition) is 4. The number of fused-ring (bicyclic) bond motifs is 1. The molecule has 0 atom stereocenters. The van der Waals surface area contributed by atoms with E-state index < -0.39 is 5.91 Å². The Kier molecular flexibility index (Phi) is 3.25. The Balaban J connectivity index is 2.53. The Bertz CT molecular complexity index is 957. The Morgan fingerprint density at radius 1 is 1.26 bits per heavy atom. The van der Waals surface area contributed by atoms with Crippen molar-refractivity contribution in [1.29, 1.82) is 0 Å². The van der Waals surface area contributed by atoms with E-state index in [9.17, 15) is 9.90 Å². The number of hydrogen-bond donors (Lipinski definition) is 3. The van der Waals surface area contributed by atoms with Gasteiger partial charge in [0.05, 0.1) is 34.4 Å². The number of carbonyl (C=O) groups excluding carboxylic acids is 1. The number of aromatic hydroxyl groups is 1. The van der Waals surface area contributed by atoms with Gasteiger partial charge in [-0.3, -0.25) is 9.78 Å². The van der Waals surface area contributed by atoms with Gasteiger partial charge in [-0.2, -0.15) is 0 Å². The van der Waals surface area contributed by atoms with Crippen molar-refractivity contribution in [3.63, 3.8) is 0 Å². The second kappa shape index (κ2) is 5.01. The molecule has 2 heterocycles. The van der Waals surface area contributed by atoms with Crippen molar-refractivity contribution >= 4 is 17.1 Å². The number of nitrogen functional groups attached to an aromatic ring is 1. The largest absolute Gasteiger partial charge is 0.508 e. The van der Waals surface area contributed by atoms with Crippen LogP contribution in [0.15, 0.2) is 24.5 Å². The summed E-state index contributed by atoms with van der Waals surface area (Å²) in [4.78, 5) is 16.1. The van der Waals surface area contributed by atoms with Crippen LogP contribution < -0.4 is 11.5 Å². The number of phenolic OH excluding ortho intramolecular Hbond substituents is 1. The minimum atomic E-state index is -0.604. The first-order valence-corrected chi connectivity index (χ1v) is 7.18. The molecular formula is C17H18N4O2. The number of phenols is 1. The van der Waals surface area contributed by atoms with Gasteiger partial charge in [0.2, 0.25) is 0 Å². The second-order valence-electron chi connectivity index (χ2n) is 5.69. The lowest BCUT2D eigenvalue weighted by molar-refractivity contribution is 0.100. The lowest BCUT2D eigenvalue weighted by atomic mass is 9.97. The van der Waals surface area contributed by atoms with Crippen LogP contribution in [0, 0.1) is 20.8 Å². The number of aryl methyl sites for hydroxylation is 2. The molecule has 0 aliphatic heterocycles. The first-order chi connectivity index (χ1) is 10.8. The molecule has 0 unspecified atom stereocenters. The van der Waals surface area contributed by atoms with Crippen molar-refractivity contribution in [2.24, 2.45) is 5.73 Å². The number of aromatic nitrogens is 2. The van der Waals surface area contributed by atoms with E-state index in [2.05, 4.69) is 4.98 Å². The maximum atomic E-state index is 11.9. The molecule has 0 aliphatic carbocycles. The summed E-state index contributed by atoms with van der Waals surface area (Å²) in [6.07, 6.45) is 3.39. The molecule has 0 saturated carbocycles. The van der Waals surface area contributed by atoms with Gasteiger partial charge in [-0.05, 0) is 32.4 Å². The first kappa shape index (κ1) is 14.9. The van der Waals surface area contributed by atoms with Crippen LogP contribution in [0.25, 0.3) is 16.8 Å². The summed E-state index contributed by atoms with van der Waals surface area (Å²) < 4.78 is 1.81. The van der Waals surface area contributed by atoms with Crippen molar-refractivity contribution in [3.05, 3.63) is 46.9 Å². The highest BCUT2D eigenvalue weighted by Crippen LogP contribution is 2.39. The van der Waals surface area contributed by atoms with Gasteiger partial charge in [-0.15, -0.1) is 0 Å². The Hall–Kier alpha value is -3.02. The number of benzene rings is 1. The van der Waals surface area contributed by atoms with E-state index in [1.165, 1.54) is 0 Å². The summed E-state index contributed by atoms with van der Waals surface area (Å²) in [5.74, 6) is -0.432. The monoisotopic (exact) mass is 310 g/mol. The highest BCUT2D eigenvalue weighted by atomic mass is 16.3. The molecule has 23 heavy (non-hydrogen) atoms. The Morgan fingerprint density at radius 3 is 2.61 bits per heavy atom. The van der Waals surface area contributed by atoms with Crippen LogP contribution in [0.2, 0.25) is 0 Å². The number of anilines is 1. The van der Waals surface area contributed by atoms with Gasteiger partial charge in [-0.25, -0.2) is 0 Å². The molecule has 0 fully saturated rings. The number of amides is 1. The van der Waals surface area contributed by atoms with Crippen LogP contribution in [0.5, 0.6) is 5.75 Å². The molecule has 0 saturated heterocycles. The average Bonchev–Trinajstić information content (AvgIpc) is 2.76. The average molecular weight is 310 g/mol. The van der Waals surface area contributed by atoms with Crippen LogP contribution in [0.4, 0.5) is 5.69 Å². The zero-order valence-electron chi connectivity index (χ0n) is 13.2. The van der Waals surface area contributed by atoms with E-state index in [4.69, 9.17) is 11.5 Å². The van der Waals surface area contributed by atoms with Crippen molar-refractivity contribution in [3.8, 4) is 17.0 Å². The van der Waals surface area contributed by atoms with Crippen LogP contribution in [0.1, 0.15) is 27.2 Å². The molecule has 3 rings (SSSR count). The zero-order valence-corrected chi connectivity index (χ0v) is 13.2. The van der Waals surface area contributed by atoms with E-state index in [0.29, 0.717) is 22.5 Å². The summed E-state index contributed by atoms with van der Waals surface area (Å²) in [6, 6.07) is 3.45. The van der Waals surface area contributed by atoms with Gasteiger partial charge in [0.25, 0.3) is 5.91 Å². The number of nitrogens with zero attached hydrogens (tertiary/aromatic N) is 2. The summed E-state index contributed by atoms with van der Waals surface area (Å²) in [5, 5.41) is 10.1. The zero-order chi connectivity index (χ0) is 16.9. The van der Waals surface area contributed by atoms with Crippen LogP contribution in [0.3, 0.4) is 0 Å². The number of primary amides is 1. The van der Waals surface area contributed by atoms with Gasteiger partial charge >= 0.3 is 0 Å². The van der Waals surface area contributed by atoms with E-state index in [0.717, 1.165) is 16.8 Å². The second-order valence-corrected chi connectivity index (χ2v) is 5.69. The fraction of sp³-hybridized carbons (Fsp3) is 0.176. The van der Waals surface area contributed by atoms with Crippen LogP contribution >= 0.6 is 0 Å². The van der Waals surface area contributed by atoms with Crippen LogP contribution in [-0.2, 0) is 0 Å². The van der Waals surface area contributed by atoms with Gasteiger partial charge in [0.1, 0.15) is 5.75 Å². The summed E-state index contributed by atoms with van der Waals surface area (Å²) in [7, 11) is 0. The molecule has 3 aromatic rings. The molecule has 1 amide bonds. The molecule has 6 heteroatoms. The highest BCUT2D eigenvalue weighted by molar-refractivity contribution is 6.09. The van der Waals surface area contributed by atoms with Crippen LogP contribution in [-0.4, -0.2) is 20.4 Å². The number of carbonyl (C=O) groups is 1. The highest BCUT2D eigenvalue weighted by Gasteiger charge is 2.24. The minimum absolute atomic E-state index is 0.173. The quantitative estimate of drug-likeness (QED) is 0.675. The number of rotatable bonds is 2. The molecular weight excluding hydrogens is 292 g/mol. The summed E-state index contributed by atoms with van der Waals surface area (Å²) in [5.41, 5.74) is 16.7. The third-order valence-corrected chi connectivity index (χ3v) is 4.12. The third-order valence-electron chi connectivity index (χ3n) is 4.12. The molecule has 118 valence electrons. The first-order valence-electron chi connectivity index (χ1n) is 7.18. The number of nitrogens with two attached hydrogens (primary N) is 2. The molecule has 6 nitrogen and oxygen atoms in total. The van der Waals surface area contributed by atoms with E-state index in [1.54, 1.807) is 18.5 Å². The van der Waals surface area contributed by atoms with Gasteiger partial charge in [-0.1, -0.05) is 6.07 Å². The third kappa shape index (κ3) is 2.11. The minimum Gasteiger partial charge on any atom is -0.508 e. The topological polar surface area (TPSA) is 107 Å². The summed E-state index contributed by atoms with van der Waals surface area (Å²) >= 11 is 0. The Morgan fingerprint density at radius 2 is 1.96 bits per heavy atom. The molecule has 0 radical (unpaired) electrons. The molecule has 1 aromatic carbocycles. The molecule has 0 bridgehead atoms. The molecule has 5 N–H and O–H groups in total.